The van der Waals surface area contributed by atoms with E-state index in [1.165, 1.54) is 0 Å². The number of halogens is 1. The first-order valence-electron chi connectivity index (χ1n) is 5.58. The van der Waals surface area contributed by atoms with Gasteiger partial charge in [0.25, 0.3) is 0 Å². The molecule has 0 saturated carbocycles. The molecule has 0 unspecified atom stereocenters. The van der Waals surface area contributed by atoms with Crippen molar-refractivity contribution >= 4 is 21.8 Å². The van der Waals surface area contributed by atoms with Crippen LogP contribution in [0.2, 0.25) is 0 Å². The fourth-order valence-corrected chi connectivity index (χ4v) is 1.68. The summed E-state index contributed by atoms with van der Waals surface area (Å²) in [4.78, 5) is 11.2. The van der Waals surface area contributed by atoms with Gasteiger partial charge in [0.2, 0.25) is 5.91 Å². The van der Waals surface area contributed by atoms with Crippen LogP contribution >= 0.6 is 15.9 Å². The van der Waals surface area contributed by atoms with E-state index in [0.29, 0.717) is 32.5 Å². The van der Waals surface area contributed by atoms with Gasteiger partial charge in [-0.2, -0.15) is 0 Å². The molecule has 4 nitrogen and oxygen atoms in total. The van der Waals surface area contributed by atoms with Crippen molar-refractivity contribution in [2.24, 2.45) is 5.73 Å². The summed E-state index contributed by atoms with van der Waals surface area (Å²) in [6.07, 6.45) is 1.15. The summed E-state index contributed by atoms with van der Waals surface area (Å²) in [5.74, 6) is 0.820. The van der Waals surface area contributed by atoms with Gasteiger partial charge in [-0.15, -0.1) is 0 Å². The predicted molar refractivity (Wildman–Crippen MR) is 70.9 cm³/mol. The zero-order valence-electron chi connectivity index (χ0n) is 9.62. The number of amides is 1. The first-order chi connectivity index (χ1) is 8.24. The molecule has 94 valence electrons. The summed E-state index contributed by atoms with van der Waals surface area (Å²) in [6, 6.07) is 7.65. The molecule has 0 fully saturated rings. The maximum absolute atomic E-state index is 11.2. The van der Waals surface area contributed by atoms with Gasteiger partial charge in [0.1, 0.15) is 5.75 Å². The van der Waals surface area contributed by atoms with Crippen molar-refractivity contribution in [2.75, 3.05) is 19.7 Å². The Labute approximate surface area is 110 Å². The molecule has 0 atom stereocenters. The van der Waals surface area contributed by atoms with Crippen molar-refractivity contribution in [3.63, 3.8) is 0 Å². The molecule has 0 aliphatic rings. The molecule has 1 aromatic rings. The van der Waals surface area contributed by atoms with Gasteiger partial charge in [-0.05, 0) is 34.5 Å². The van der Waals surface area contributed by atoms with Crippen molar-refractivity contribution < 1.29 is 9.53 Å². The highest BCUT2D eigenvalue weighted by Gasteiger charge is 2.02. The molecule has 5 heteroatoms. The standard InChI is InChI=1S/C12H17BrN2O2/c13-10-4-1-2-5-11(10)17-9-3-6-12(16)15-8-7-14/h1-2,4-5H,3,6-9,14H2,(H,15,16). The van der Waals surface area contributed by atoms with Gasteiger partial charge in [-0.25, -0.2) is 0 Å². The van der Waals surface area contributed by atoms with E-state index < -0.39 is 0 Å². The number of nitrogens with two attached hydrogens (primary N) is 1. The van der Waals surface area contributed by atoms with Crippen molar-refractivity contribution in [1.29, 1.82) is 0 Å². The molecule has 0 bridgehead atoms. The number of ether oxygens (including phenoxy) is 1. The van der Waals surface area contributed by atoms with E-state index >= 15 is 0 Å². The lowest BCUT2D eigenvalue weighted by Gasteiger charge is -2.07. The molecule has 0 aliphatic heterocycles. The number of hydrogen-bond acceptors (Lipinski definition) is 3. The van der Waals surface area contributed by atoms with E-state index in [9.17, 15) is 4.79 Å². The minimum Gasteiger partial charge on any atom is -0.492 e. The molecule has 0 aromatic heterocycles. The smallest absolute Gasteiger partial charge is 0.220 e. The first kappa shape index (κ1) is 14.0. The average Bonchev–Trinajstić information content (AvgIpc) is 2.34. The third-order valence-electron chi connectivity index (χ3n) is 2.11. The van der Waals surface area contributed by atoms with Gasteiger partial charge in [0, 0.05) is 19.5 Å². The van der Waals surface area contributed by atoms with Crippen LogP contribution in [0.4, 0.5) is 0 Å². The Morgan fingerprint density at radius 2 is 2.18 bits per heavy atom. The van der Waals surface area contributed by atoms with Crippen LogP contribution in [0.15, 0.2) is 28.7 Å². The van der Waals surface area contributed by atoms with E-state index in [1.807, 2.05) is 24.3 Å². The lowest BCUT2D eigenvalue weighted by Crippen LogP contribution is -2.29. The Balaban J connectivity index is 2.16. The molecular weight excluding hydrogens is 284 g/mol. The molecule has 3 N–H and O–H groups in total. The topological polar surface area (TPSA) is 64.3 Å². The van der Waals surface area contributed by atoms with E-state index in [2.05, 4.69) is 21.2 Å². The van der Waals surface area contributed by atoms with Gasteiger partial charge >= 0.3 is 0 Å². The second kappa shape index (κ2) is 8.08. The van der Waals surface area contributed by atoms with E-state index in [0.717, 1.165) is 10.2 Å². The minimum absolute atomic E-state index is 0.0196. The number of para-hydroxylation sites is 1. The number of benzene rings is 1. The molecule has 0 radical (unpaired) electrons. The highest BCUT2D eigenvalue weighted by Crippen LogP contribution is 2.23. The fraction of sp³-hybridized carbons (Fsp3) is 0.417. The third kappa shape index (κ3) is 5.70. The van der Waals surface area contributed by atoms with Crippen LogP contribution in [-0.2, 0) is 4.79 Å². The van der Waals surface area contributed by atoms with Gasteiger partial charge < -0.3 is 15.8 Å². The summed E-state index contributed by atoms with van der Waals surface area (Å²) in [5.41, 5.74) is 5.28. The molecule has 0 spiro atoms. The molecule has 0 heterocycles. The summed E-state index contributed by atoms with van der Waals surface area (Å²) in [6.45, 7) is 1.53. The number of nitrogens with one attached hydrogen (secondary N) is 1. The maximum atomic E-state index is 11.2. The second-order valence-electron chi connectivity index (χ2n) is 3.52. The van der Waals surface area contributed by atoms with Crippen LogP contribution in [0, 0.1) is 0 Å². The van der Waals surface area contributed by atoms with Crippen molar-refractivity contribution in [3.05, 3.63) is 28.7 Å². The van der Waals surface area contributed by atoms with Gasteiger partial charge in [-0.3, -0.25) is 4.79 Å². The Morgan fingerprint density at radius 3 is 2.88 bits per heavy atom. The first-order valence-corrected chi connectivity index (χ1v) is 6.37. The van der Waals surface area contributed by atoms with Crippen molar-refractivity contribution in [3.8, 4) is 5.75 Å². The Hall–Kier alpha value is -1.07. The summed E-state index contributed by atoms with van der Waals surface area (Å²) < 4.78 is 6.46. The van der Waals surface area contributed by atoms with E-state index in [1.54, 1.807) is 0 Å². The molecule has 1 aromatic carbocycles. The number of rotatable bonds is 7. The molecule has 1 amide bonds. The van der Waals surface area contributed by atoms with Crippen LogP contribution in [0.1, 0.15) is 12.8 Å². The summed E-state index contributed by atoms with van der Waals surface area (Å²) in [7, 11) is 0. The van der Waals surface area contributed by atoms with Crippen molar-refractivity contribution in [2.45, 2.75) is 12.8 Å². The molecule has 1 rings (SSSR count). The van der Waals surface area contributed by atoms with Crippen LogP contribution in [0.5, 0.6) is 5.75 Å². The molecular formula is C12H17BrN2O2. The Bertz CT molecular complexity index is 358. The van der Waals surface area contributed by atoms with Gasteiger partial charge in [-0.1, -0.05) is 12.1 Å². The minimum atomic E-state index is 0.0196. The van der Waals surface area contributed by atoms with Crippen molar-refractivity contribution in [1.82, 2.24) is 5.32 Å². The highest BCUT2D eigenvalue weighted by atomic mass is 79.9. The predicted octanol–water partition coefficient (Wildman–Crippen LogP) is 1.68. The Kier molecular flexibility index (Phi) is 6.65. The summed E-state index contributed by atoms with van der Waals surface area (Å²) >= 11 is 3.39. The number of hydrogen-bond donors (Lipinski definition) is 2. The monoisotopic (exact) mass is 300 g/mol. The normalized spacial score (nSPS) is 10.0. The third-order valence-corrected chi connectivity index (χ3v) is 2.76. The zero-order valence-corrected chi connectivity index (χ0v) is 11.2. The fourth-order valence-electron chi connectivity index (χ4n) is 1.28. The SMILES string of the molecule is NCCNC(=O)CCCOc1ccccc1Br. The average molecular weight is 301 g/mol. The molecule has 0 saturated heterocycles. The quantitative estimate of drug-likeness (QED) is 0.753. The Morgan fingerprint density at radius 1 is 1.41 bits per heavy atom. The van der Waals surface area contributed by atoms with Crippen LogP contribution in [0.25, 0.3) is 0 Å². The molecule has 0 aliphatic carbocycles. The maximum Gasteiger partial charge on any atom is 0.220 e. The number of carbonyl (C=O) groups is 1. The van der Waals surface area contributed by atoms with Crippen LogP contribution in [-0.4, -0.2) is 25.6 Å². The highest BCUT2D eigenvalue weighted by molar-refractivity contribution is 9.10. The number of carbonyl (C=O) groups excluding carboxylic acids is 1. The van der Waals surface area contributed by atoms with Gasteiger partial charge in [0.05, 0.1) is 11.1 Å². The van der Waals surface area contributed by atoms with E-state index in [4.69, 9.17) is 10.5 Å². The lowest BCUT2D eigenvalue weighted by atomic mass is 10.3. The van der Waals surface area contributed by atoms with Gasteiger partial charge in [0.15, 0.2) is 0 Å². The van der Waals surface area contributed by atoms with Crippen LogP contribution in [0.3, 0.4) is 0 Å². The molecule has 17 heavy (non-hydrogen) atoms. The summed E-state index contributed by atoms with van der Waals surface area (Å²) in [5, 5.41) is 2.71. The van der Waals surface area contributed by atoms with E-state index in [-0.39, 0.29) is 5.91 Å². The zero-order chi connectivity index (χ0) is 12.5. The second-order valence-corrected chi connectivity index (χ2v) is 4.38. The lowest BCUT2D eigenvalue weighted by molar-refractivity contribution is -0.121. The van der Waals surface area contributed by atoms with Crippen LogP contribution < -0.4 is 15.8 Å². The largest absolute Gasteiger partial charge is 0.492 e.